The van der Waals surface area contributed by atoms with E-state index < -0.39 is 11.1 Å². The van der Waals surface area contributed by atoms with Gasteiger partial charge in [0.2, 0.25) is 0 Å². The topological polar surface area (TPSA) is 63.1 Å². The molecule has 0 aromatic carbocycles. The van der Waals surface area contributed by atoms with Gasteiger partial charge in [0.25, 0.3) is 0 Å². The second-order valence-electron chi connectivity index (χ2n) is 3.49. The highest BCUT2D eigenvalue weighted by molar-refractivity contribution is 7.79. The smallest absolute Gasteiger partial charge is 0.153 e. The Hall–Kier alpha value is -1.59. The molecule has 5 heteroatoms. The van der Waals surface area contributed by atoms with Crippen LogP contribution in [0, 0.1) is 0 Å². The summed E-state index contributed by atoms with van der Waals surface area (Å²) in [6.45, 7) is 0. The van der Waals surface area contributed by atoms with E-state index in [-0.39, 0.29) is 5.75 Å². The van der Waals surface area contributed by atoms with E-state index in [9.17, 15) is 4.21 Å². The van der Waals surface area contributed by atoms with E-state index in [0.29, 0.717) is 6.42 Å². The van der Waals surface area contributed by atoms with E-state index >= 15 is 0 Å². The Kier molecular flexibility index (Phi) is 3.95. The highest BCUT2D eigenvalue weighted by atomic mass is 32.2. The number of aromatic nitrogens is 2. The molecule has 0 spiro atoms. The van der Waals surface area contributed by atoms with Gasteiger partial charge >= 0.3 is 0 Å². The number of nitrogens with zero attached hydrogens (tertiary/aromatic N) is 2. The Bertz CT molecular complexity index is 517. The van der Waals surface area contributed by atoms with Crippen LogP contribution in [0.4, 0.5) is 0 Å². The van der Waals surface area contributed by atoms with Gasteiger partial charge in [-0.25, -0.2) is 4.21 Å². The number of hydrogen-bond acceptors (Lipinski definition) is 3. The molecule has 0 saturated heterocycles. The fourth-order valence-corrected chi connectivity index (χ4v) is 1.94. The standard InChI is InChI=1S/C12H12N2O2S/c15-17(16)9-6-12-10(4-3-8-14-12)11-5-1-2-7-13-11/h1-5,7-8H,6,9H2,(H,15,16). The molecule has 17 heavy (non-hydrogen) atoms. The van der Waals surface area contributed by atoms with Gasteiger partial charge in [0.15, 0.2) is 11.1 Å². The molecule has 0 aliphatic heterocycles. The Morgan fingerprint density at radius 2 is 1.94 bits per heavy atom. The minimum atomic E-state index is -1.79. The predicted octanol–water partition coefficient (Wildman–Crippen LogP) is 1.91. The Balaban J connectivity index is 2.31. The summed E-state index contributed by atoms with van der Waals surface area (Å²) in [5.74, 6) is 0.191. The molecule has 0 bridgehead atoms. The van der Waals surface area contributed by atoms with Crippen LogP contribution in [0.2, 0.25) is 0 Å². The predicted molar refractivity (Wildman–Crippen MR) is 66.8 cm³/mol. The minimum absolute atomic E-state index is 0.191. The monoisotopic (exact) mass is 248 g/mol. The maximum atomic E-state index is 10.7. The molecule has 1 N–H and O–H groups in total. The van der Waals surface area contributed by atoms with Crippen LogP contribution in [0.25, 0.3) is 11.3 Å². The second-order valence-corrected chi connectivity index (χ2v) is 4.54. The molecule has 4 nitrogen and oxygen atoms in total. The summed E-state index contributed by atoms with van der Waals surface area (Å²) in [7, 11) is 0. The van der Waals surface area contributed by atoms with E-state index in [0.717, 1.165) is 17.0 Å². The Morgan fingerprint density at radius 3 is 2.65 bits per heavy atom. The van der Waals surface area contributed by atoms with Crippen molar-refractivity contribution in [2.45, 2.75) is 6.42 Å². The van der Waals surface area contributed by atoms with Crippen molar-refractivity contribution in [3.63, 3.8) is 0 Å². The number of pyridine rings is 2. The van der Waals surface area contributed by atoms with Crippen molar-refractivity contribution < 1.29 is 8.76 Å². The summed E-state index contributed by atoms with van der Waals surface area (Å²) < 4.78 is 19.5. The minimum Gasteiger partial charge on any atom is -0.306 e. The molecule has 0 fully saturated rings. The average molecular weight is 248 g/mol. The number of rotatable bonds is 4. The largest absolute Gasteiger partial charge is 0.306 e. The van der Waals surface area contributed by atoms with Crippen LogP contribution in [-0.2, 0) is 17.5 Å². The molecule has 2 rings (SSSR count). The molecule has 88 valence electrons. The fraction of sp³-hybridized carbons (Fsp3) is 0.167. The quantitative estimate of drug-likeness (QED) is 0.839. The van der Waals surface area contributed by atoms with Crippen LogP contribution in [-0.4, -0.2) is 24.5 Å². The van der Waals surface area contributed by atoms with Gasteiger partial charge in [-0.15, -0.1) is 0 Å². The summed E-state index contributed by atoms with van der Waals surface area (Å²) in [6, 6.07) is 9.41. The molecule has 2 heterocycles. The third-order valence-corrected chi connectivity index (χ3v) is 2.90. The first-order valence-electron chi connectivity index (χ1n) is 5.20. The lowest BCUT2D eigenvalue weighted by atomic mass is 10.1. The summed E-state index contributed by atoms with van der Waals surface area (Å²) in [5.41, 5.74) is 2.55. The third-order valence-electron chi connectivity index (χ3n) is 2.34. The number of aryl methyl sites for hydroxylation is 1. The van der Waals surface area contributed by atoms with Crippen LogP contribution in [0.5, 0.6) is 0 Å². The molecule has 0 radical (unpaired) electrons. The van der Waals surface area contributed by atoms with Crippen molar-refractivity contribution in [3.05, 3.63) is 48.4 Å². The van der Waals surface area contributed by atoms with Crippen molar-refractivity contribution in [3.8, 4) is 11.3 Å². The van der Waals surface area contributed by atoms with Crippen molar-refractivity contribution in [2.75, 3.05) is 5.75 Å². The summed E-state index contributed by atoms with van der Waals surface area (Å²) in [6.07, 6.45) is 3.87. The third kappa shape index (κ3) is 3.18. The van der Waals surface area contributed by atoms with Crippen LogP contribution < -0.4 is 0 Å². The maximum absolute atomic E-state index is 10.7. The highest BCUT2D eigenvalue weighted by Crippen LogP contribution is 2.19. The van der Waals surface area contributed by atoms with Gasteiger partial charge in [-0.3, -0.25) is 9.97 Å². The van der Waals surface area contributed by atoms with Gasteiger partial charge in [-0.2, -0.15) is 0 Å². The van der Waals surface area contributed by atoms with E-state index in [1.165, 1.54) is 0 Å². The van der Waals surface area contributed by atoms with Crippen LogP contribution >= 0.6 is 0 Å². The molecule has 1 atom stereocenters. The van der Waals surface area contributed by atoms with Gasteiger partial charge in [0, 0.05) is 24.4 Å². The zero-order valence-corrected chi connectivity index (χ0v) is 9.93. The van der Waals surface area contributed by atoms with E-state index in [1.807, 2.05) is 30.3 Å². The molecule has 0 saturated carbocycles. The van der Waals surface area contributed by atoms with Crippen LogP contribution in [0.15, 0.2) is 42.7 Å². The molecular weight excluding hydrogens is 236 g/mol. The van der Waals surface area contributed by atoms with Gasteiger partial charge in [0.1, 0.15) is 0 Å². The van der Waals surface area contributed by atoms with Gasteiger partial charge in [0.05, 0.1) is 17.1 Å². The zero-order valence-electron chi connectivity index (χ0n) is 9.11. The SMILES string of the molecule is O=S(O)CCc1ncccc1-c1ccccn1. The fourth-order valence-electron chi connectivity index (χ4n) is 1.58. The van der Waals surface area contributed by atoms with Crippen molar-refractivity contribution in [2.24, 2.45) is 0 Å². The van der Waals surface area contributed by atoms with Crippen LogP contribution in [0.3, 0.4) is 0 Å². The van der Waals surface area contributed by atoms with Crippen LogP contribution in [0.1, 0.15) is 5.69 Å². The first kappa shape index (κ1) is 11.9. The van der Waals surface area contributed by atoms with E-state index in [2.05, 4.69) is 9.97 Å². The second kappa shape index (κ2) is 5.65. The van der Waals surface area contributed by atoms with E-state index in [1.54, 1.807) is 12.4 Å². The molecule has 0 aliphatic carbocycles. The molecular formula is C12H12N2O2S. The maximum Gasteiger partial charge on any atom is 0.153 e. The van der Waals surface area contributed by atoms with Gasteiger partial charge < -0.3 is 4.55 Å². The molecule has 0 amide bonds. The van der Waals surface area contributed by atoms with Gasteiger partial charge in [-0.05, 0) is 24.3 Å². The van der Waals surface area contributed by atoms with Crippen molar-refractivity contribution >= 4 is 11.1 Å². The normalized spacial score (nSPS) is 12.3. The van der Waals surface area contributed by atoms with Crippen molar-refractivity contribution in [1.82, 2.24) is 9.97 Å². The lowest BCUT2D eigenvalue weighted by Crippen LogP contribution is -2.03. The Labute approximate surface area is 102 Å². The lowest BCUT2D eigenvalue weighted by molar-refractivity contribution is 0.563. The highest BCUT2D eigenvalue weighted by Gasteiger charge is 2.07. The molecule has 0 aliphatic rings. The van der Waals surface area contributed by atoms with E-state index in [4.69, 9.17) is 4.55 Å². The first-order valence-corrected chi connectivity index (χ1v) is 6.47. The molecule has 1 unspecified atom stereocenters. The average Bonchev–Trinajstić information content (AvgIpc) is 2.38. The number of hydrogen-bond donors (Lipinski definition) is 1. The summed E-state index contributed by atoms with van der Waals surface area (Å²) in [5, 5.41) is 0. The summed E-state index contributed by atoms with van der Waals surface area (Å²) in [4.78, 5) is 8.50. The molecule has 2 aromatic rings. The summed E-state index contributed by atoms with van der Waals surface area (Å²) >= 11 is -1.79. The Morgan fingerprint density at radius 1 is 1.12 bits per heavy atom. The van der Waals surface area contributed by atoms with Crippen molar-refractivity contribution in [1.29, 1.82) is 0 Å². The van der Waals surface area contributed by atoms with Gasteiger partial charge in [-0.1, -0.05) is 6.07 Å². The first-order chi connectivity index (χ1) is 8.27. The molecule has 2 aromatic heterocycles. The lowest BCUT2D eigenvalue weighted by Gasteiger charge is -2.06. The zero-order chi connectivity index (χ0) is 12.1.